The van der Waals surface area contributed by atoms with E-state index in [0.29, 0.717) is 0 Å². The summed E-state index contributed by atoms with van der Waals surface area (Å²) in [6.07, 6.45) is 1.12. The molecule has 2 N–H and O–H groups in total. The number of hydrogen-bond acceptors (Lipinski definition) is 4. The molecule has 0 unspecified atom stereocenters. The van der Waals surface area contributed by atoms with Crippen LogP contribution in [0, 0.1) is 0 Å². The summed E-state index contributed by atoms with van der Waals surface area (Å²) >= 11 is 0. The Labute approximate surface area is 86.3 Å². The van der Waals surface area contributed by atoms with E-state index in [1.807, 2.05) is 0 Å². The first-order chi connectivity index (χ1) is 6.91. The van der Waals surface area contributed by atoms with E-state index >= 15 is 0 Å². The molecule has 15 heavy (non-hydrogen) atoms. The Balaban J connectivity index is 2.61. The Hall–Kier alpha value is -1.85. The van der Waals surface area contributed by atoms with Crippen LogP contribution < -0.4 is 5.32 Å². The quantitative estimate of drug-likeness (QED) is 0.764. The SMILES string of the molecule is CC(C)(CC(=O)O)NC(=O)c1ccon1. The number of nitrogens with one attached hydrogen (secondary N) is 1. The fourth-order valence-electron chi connectivity index (χ4n) is 1.12. The summed E-state index contributed by atoms with van der Waals surface area (Å²) in [6.45, 7) is 3.25. The zero-order chi connectivity index (χ0) is 11.5. The van der Waals surface area contributed by atoms with Crippen LogP contribution in [0.3, 0.4) is 0 Å². The van der Waals surface area contributed by atoms with Crippen LogP contribution in [-0.2, 0) is 4.79 Å². The number of carboxylic acids is 1. The van der Waals surface area contributed by atoms with E-state index in [9.17, 15) is 9.59 Å². The van der Waals surface area contributed by atoms with Gasteiger partial charge < -0.3 is 14.9 Å². The zero-order valence-electron chi connectivity index (χ0n) is 8.48. The van der Waals surface area contributed by atoms with E-state index in [-0.39, 0.29) is 12.1 Å². The lowest BCUT2D eigenvalue weighted by atomic mass is 10.0. The molecule has 82 valence electrons. The van der Waals surface area contributed by atoms with Crippen molar-refractivity contribution < 1.29 is 19.2 Å². The van der Waals surface area contributed by atoms with Crippen LogP contribution in [0.2, 0.25) is 0 Å². The zero-order valence-corrected chi connectivity index (χ0v) is 8.48. The van der Waals surface area contributed by atoms with Crippen LogP contribution in [-0.4, -0.2) is 27.7 Å². The fourth-order valence-corrected chi connectivity index (χ4v) is 1.12. The highest BCUT2D eigenvalue weighted by Crippen LogP contribution is 2.09. The number of carboxylic acid groups (broad SMARTS) is 1. The van der Waals surface area contributed by atoms with Crippen molar-refractivity contribution in [3.63, 3.8) is 0 Å². The molecule has 0 aliphatic heterocycles. The van der Waals surface area contributed by atoms with Crippen molar-refractivity contribution in [3.05, 3.63) is 18.0 Å². The number of aromatic nitrogens is 1. The van der Waals surface area contributed by atoms with E-state index in [1.165, 1.54) is 12.3 Å². The van der Waals surface area contributed by atoms with E-state index in [2.05, 4.69) is 15.0 Å². The summed E-state index contributed by atoms with van der Waals surface area (Å²) in [4.78, 5) is 22.0. The summed E-state index contributed by atoms with van der Waals surface area (Å²) in [5.74, 6) is -1.42. The Morgan fingerprint density at radius 1 is 1.60 bits per heavy atom. The first kappa shape index (κ1) is 11.2. The van der Waals surface area contributed by atoms with Gasteiger partial charge in [-0.05, 0) is 13.8 Å². The molecule has 0 aliphatic carbocycles. The number of rotatable bonds is 4. The molecule has 0 spiro atoms. The van der Waals surface area contributed by atoms with Gasteiger partial charge in [-0.1, -0.05) is 5.16 Å². The van der Waals surface area contributed by atoms with Gasteiger partial charge in [0, 0.05) is 11.6 Å². The number of amides is 1. The topological polar surface area (TPSA) is 92.4 Å². The second-order valence-corrected chi connectivity index (χ2v) is 3.79. The van der Waals surface area contributed by atoms with Gasteiger partial charge in [-0.25, -0.2) is 0 Å². The van der Waals surface area contributed by atoms with Crippen LogP contribution in [0.15, 0.2) is 16.9 Å². The highest BCUT2D eigenvalue weighted by Gasteiger charge is 2.25. The minimum atomic E-state index is -0.972. The maximum atomic E-state index is 11.5. The monoisotopic (exact) mass is 212 g/mol. The molecule has 1 rings (SSSR count). The number of carbonyl (C=O) groups is 2. The normalized spacial score (nSPS) is 11.1. The third-order valence-electron chi connectivity index (χ3n) is 1.72. The second-order valence-electron chi connectivity index (χ2n) is 3.79. The van der Waals surface area contributed by atoms with Gasteiger partial charge >= 0.3 is 5.97 Å². The predicted octanol–water partition coefficient (Wildman–Crippen LogP) is 0.658. The lowest BCUT2D eigenvalue weighted by Gasteiger charge is -2.23. The molecule has 0 radical (unpaired) electrons. The summed E-state index contributed by atoms with van der Waals surface area (Å²) in [7, 11) is 0. The number of aliphatic carboxylic acids is 1. The lowest BCUT2D eigenvalue weighted by molar-refractivity contribution is -0.138. The van der Waals surface area contributed by atoms with Gasteiger partial charge in [0.25, 0.3) is 5.91 Å². The van der Waals surface area contributed by atoms with Crippen molar-refractivity contribution in [2.24, 2.45) is 0 Å². The molecule has 0 saturated heterocycles. The molecular weight excluding hydrogens is 200 g/mol. The standard InChI is InChI=1S/C9H12N2O4/c1-9(2,5-7(12)13)10-8(14)6-3-4-15-11-6/h3-4H,5H2,1-2H3,(H,10,14)(H,12,13). The van der Waals surface area contributed by atoms with Gasteiger partial charge in [-0.2, -0.15) is 0 Å². The average molecular weight is 212 g/mol. The van der Waals surface area contributed by atoms with Crippen LogP contribution in [0.25, 0.3) is 0 Å². The Kier molecular flexibility index (Phi) is 3.08. The number of carbonyl (C=O) groups excluding carboxylic acids is 1. The highest BCUT2D eigenvalue weighted by molar-refractivity contribution is 5.92. The highest BCUT2D eigenvalue weighted by atomic mass is 16.5. The minimum absolute atomic E-state index is 0.133. The molecule has 6 nitrogen and oxygen atoms in total. The van der Waals surface area contributed by atoms with Crippen molar-refractivity contribution >= 4 is 11.9 Å². The van der Waals surface area contributed by atoms with Crippen LogP contribution >= 0.6 is 0 Å². The van der Waals surface area contributed by atoms with E-state index < -0.39 is 17.4 Å². The molecule has 0 fully saturated rings. The summed E-state index contributed by atoms with van der Waals surface area (Å²) in [5, 5.41) is 14.6. The summed E-state index contributed by atoms with van der Waals surface area (Å²) in [5.41, 5.74) is -0.685. The summed E-state index contributed by atoms with van der Waals surface area (Å²) < 4.78 is 4.50. The molecule has 0 saturated carbocycles. The molecule has 0 aromatic carbocycles. The van der Waals surface area contributed by atoms with Gasteiger partial charge in [-0.15, -0.1) is 0 Å². The van der Waals surface area contributed by atoms with Crippen molar-refractivity contribution in [1.82, 2.24) is 10.5 Å². The maximum Gasteiger partial charge on any atom is 0.305 e. The Bertz CT molecular complexity index is 356. The van der Waals surface area contributed by atoms with Crippen LogP contribution in [0.4, 0.5) is 0 Å². The van der Waals surface area contributed by atoms with Gasteiger partial charge in [-0.3, -0.25) is 9.59 Å². The van der Waals surface area contributed by atoms with E-state index in [1.54, 1.807) is 13.8 Å². The molecule has 1 aromatic rings. The first-order valence-corrected chi connectivity index (χ1v) is 4.35. The van der Waals surface area contributed by atoms with Crippen molar-refractivity contribution in [2.45, 2.75) is 25.8 Å². The molecule has 1 amide bonds. The predicted molar refractivity (Wildman–Crippen MR) is 50.3 cm³/mol. The molecule has 0 aliphatic rings. The molecule has 1 aromatic heterocycles. The van der Waals surface area contributed by atoms with Gasteiger partial charge in [0.15, 0.2) is 5.69 Å². The van der Waals surface area contributed by atoms with Crippen LogP contribution in [0.1, 0.15) is 30.8 Å². The molecule has 0 atom stereocenters. The molecule has 0 bridgehead atoms. The molecule has 1 heterocycles. The Morgan fingerprint density at radius 2 is 2.27 bits per heavy atom. The number of hydrogen-bond donors (Lipinski definition) is 2. The number of nitrogens with zero attached hydrogens (tertiary/aromatic N) is 1. The summed E-state index contributed by atoms with van der Waals surface area (Å²) in [6, 6.07) is 1.41. The van der Waals surface area contributed by atoms with E-state index in [0.717, 1.165) is 0 Å². The lowest BCUT2D eigenvalue weighted by Crippen LogP contribution is -2.45. The van der Waals surface area contributed by atoms with Crippen molar-refractivity contribution in [2.75, 3.05) is 0 Å². The fraction of sp³-hybridized carbons (Fsp3) is 0.444. The second kappa shape index (κ2) is 4.12. The van der Waals surface area contributed by atoms with Gasteiger partial charge in [0.2, 0.25) is 0 Å². The van der Waals surface area contributed by atoms with E-state index in [4.69, 9.17) is 5.11 Å². The molecular formula is C9H12N2O4. The van der Waals surface area contributed by atoms with Crippen molar-refractivity contribution in [1.29, 1.82) is 0 Å². The van der Waals surface area contributed by atoms with Crippen molar-refractivity contribution in [3.8, 4) is 0 Å². The van der Waals surface area contributed by atoms with Crippen LogP contribution in [0.5, 0.6) is 0 Å². The largest absolute Gasteiger partial charge is 0.481 e. The Morgan fingerprint density at radius 3 is 2.73 bits per heavy atom. The smallest absolute Gasteiger partial charge is 0.305 e. The third kappa shape index (κ3) is 3.41. The molecule has 6 heteroatoms. The maximum absolute atomic E-state index is 11.5. The average Bonchev–Trinajstić information content (AvgIpc) is 2.50. The van der Waals surface area contributed by atoms with Gasteiger partial charge in [0.1, 0.15) is 6.26 Å². The third-order valence-corrected chi connectivity index (χ3v) is 1.72. The first-order valence-electron chi connectivity index (χ1n) is 4.35. The van der Waals surface area contributed by atoms with Gasteiger partial charge in [0.05, 0.1) is 6.42 Å². The minimum Gasteiger partial charge on any atom is -0.481 e.